The third-order valence-electron chi connectivity index (χ3n) is 3.10. The first-order chi connectivity index (χ1) is 9.72. The first-order valence-electron chi connectivity index (χ1n) is 6.42. The van der Waals surface area contributed by atoms with Crippen LogP contribution in [0, 0.1) is 6.92 Å². The van der Waals surface area contributed by atoms with Crippen molar-refractivity contribution in [3.63, 3.8) is 0 Å². The standard InChI is InChI=1S/C15H14N4O/c1-11-9-18-12(10-17-11)7-14(20)8-13-3-2-4-15-16-5-6-19(13)15/h2-6,9-10H,7-8H2,1H3. The normalized spacial score (nSPS) is 10.8. The van der Waals surface area contributed by atoms with Crippen molar-refractivity contribution < 1.29 is 4.79 Å². The van der Waals surface area contributed by atoms with Crippen LogP contribution in [0.3, 0.4) is 0 Å². The van der Waals surface area contributed by atoms with E-state index in [1.807, 2.05) is 35.7 Å². The van der Waals surface area contributed by atoms with E-state index in [0.29, 0.717) is 18.5 Å². The molecule has 5 heteroatoms. The van der Waals surface area contributed by atoms with E-state index in [-0.39, 0.29) is 5.78 Å². The molecule has 0 bridgehead atoms. The molecular weight excluding hydrogens is 252 g/mol. The molecule has 3 aromatic heterocycles. The highest BCUT2D eigenvalue weighted by Crippen LogP contribution is 2.08. The number of Topliss-reactive ketones (excluding diaryl/α,β-unsaturated/α-hetero) is 1. The Labute approximate surface area is 116 Å². The Balaban J connectivity index is 1.76. The van der Waals surface area contributed by atoms with Gasteiger partial charge in [0.2, 0.25) is 0 Å². The quantitative estimate of drug-likeness (QED) is 0.722. The first-order valence-corrected chi connectivity index (χ1v) is 6.42. The summed E-state index contributed by atoms with van der Waals surface area (Å²) < 4.78 is 1.93. The van der Waals surface area contributed by atoms with Gasteiger partial charge in [0.1, 0.15) is 11.4 Å². The van der Waals surface area contributed by atoms with Crippen LogP contribution in [0.5, 0.6) is 0 Å². The van der Waals surface area contributed by atoms with Gasteiger partial charge in [-0.15, -0.1) is 0 Å². The lowest BCUT2D eigenvalue weighted by molar-refractivity contribution is -0.117. The molecule has 0 radical (unpaired) electrons. The monoisotopic (exact) mass is 266 g/mol. The molecule has 100 valence electrons. The van der Waals surface area contributed by atoms with Crippen LogP contribution >= 0.6 is 0 Å². The predicted octanol–water partition coefficient (Wildman–Crippen LogP) is 1.79. The van der Waals surface area contributed by atoms with E-state index in [4.69, 9.17) is 0 Å². The van der Waals surface area contributed by atoms with Gasteiger partial charge in [0.05, 0.1) is 17.8 Å². The second kappa shape index (κ2) is 5.21. The average Bonchev–Trinajstić information content (AvgIpc) is 2.91. The number of hydrogen-bond acceptors (Lipinski definition) is 4. The highest BCUT2D eigenvalue weighted by atomic mass is 16.1. The van der Waals surface area contributed by atoms with E-state index in [2.05, 4.69) is 15.0 Å². The molecule has 0 unspecified atom stereocenters. The zero-order valence-electron chi connectivity index (χ0n) is 11.2. The van der Waals surface area contributed by atoms with E-state index in [9.17, 15) is 4.79 Å². The van der Waals surface area contributed by atoms with Crippen molar-refractivity contribution in [2.45, 2.75) is 19.8 Å². The van der Waals surface area contributed by atoms with E-state index < -0.39 is 0 Å². The Bertz CT molecular complexity index is 746. The second-order valence-corrected chi connectivity index (χ2v) is 4.71. The van der Waals surface area contributed by atoms with Gasteiger partial charge in [-0.25, -0.2) is 4.98 Å². The van der Waals surface area contributed by atoms with Crippen LogP contribution in [0.15, 0.2) is 43.0 Å². The molecular formula is C15H14N4O. The molecule has 0 saturated heterocycles. The van der Waals surface area contributed by atoms with Crippen LogP contribution in [0.4, 0.5) is 0 Å². The third kappa shape index (κ3) is 2.56. The van der Waals surface area contributed by atoms with Crippen molar-refractivity contribution in [3.8, 4) is 0 Å². The number of aryl methyl sites for hydroxylation is 1. The fourth-order valence-electron chi connectivity index (χ4n) is 2.13. The van der Waals surface area contributed by atoms with Gasteiger partial charge in [-0.3, -0.25) is 14.8 Å². The lowest BCUT2D eigenvalue weighted by Gasteiger charge is -2.05. The number of carbonyl (C=O) groups excluding carboxylic acids is 1. The number of carbonyl (C=O) groups is 1. The minimum absolute atomic E-state index is 0.115. The summed E-state index contributed by atoms with van der Waals surface area (Å²) in [6.45, 7) is 1.87. The lowest BCUT2D eigenvalue weighted by Crippen LogP contribution is -2.10. The minimum atomic E-state index is 0.115. The van der Waals surface area contributed by atoms with Crippen molar-refractivity contribution in [1.82, 2.24) is 19.4 Å². The van der Waals surface area contributed by atoms with Crippen LogP contribution in [0.2, 0.25) is 0 Å². The Kier molecular flexibility index (Phi) is 3.25. The fourth-order valence-corrected chi connectivity index (χ4v) is 2.13. The van der Waals surface area contributed by atoms with Crippen LogP contribution in [0.25, 0.3) is 5.65 Å². The Morgan fingerprint density at radius 2 is 2.05 bits per heavy atom. The summed E-state index contributed by atoms with van der Waals surface area (Å²) in [7, 11) is 0. The number of aromatic nitrogens is 4. The summed E-state index contributed by atoms with van der Waals surface area (Å²) in [4.78, 5) is 24.7. The van der Waals surface area contributed by atoms with Crippen molar-refractivity contribution in [2.75, 3.05) is 0 Å². The van der Waals surface area contributed by atoms with E-state index in [1.54, 1.807) is 18.6 Å². The minimum Gasteiger partial charge on any atom is -0.304 e. The largest absolute Gasteiger partial charge is 0.304 e. The van der Waals surface area contributed by atoms with Gasteiger partial charge in [-0.2, -0.15) is 0 Å². The van der Waals surface area contributed by atoms with Crippen LogP contribution < -0.4 is 0 Å². The summed E-state index contributed by atoms with van der Waals surface area (Å²) in [6, 6.07) is 5.77. The van der Waals surface area contributed by atoms with Gasteiger partial charge in [-0.1, -0.05) is 6.07 Å². The number of hydrogen-bond donors (Lipinski definition) is 0. The average molecular weight is 266 g/mol. The molecule has 0 N–H and O–H groups in total. The summed E-state index contributed by atoms with van der Waals surface area (Å²) >= 11 is 0. The summed E-state index contributed by atoms with van der Waals surface area (Å²) in [5, 5.41) is 0. The number of rotatable bonds is 4. The van der Waals surface area contributed by atoms with Crippen molar-refractivity contribution >= 4 is 11.4 Å². The number of pyridine rings is 1. The van der Waals surface area contributed by atoms with E-state index in [1.165, 1.54) is 0 Å². The number of nitrogens with zero attached hydrogens (tertiary/aromatic N) is 4. The maximum absolute atomic E-state index is 12.1. The molecule has 0 aliphatic rings. The number of imidazole rings is 1. The molecule has 0 spiro atoms. The van der Waals surface area contributed by atoms with Gasteiger partial charge >= 0.3 is 0 Å². The highest BCUT2D eigenvalue weighted by molar-refractivity contribution is 5.82. The van der Waals surface area contributed by atoms with Crippen LogP contribution in [-0.4, -0.2) is 25.1 Å². The molecule has 0 aliphatic carbocycles. The van der Waals surface area contributed by atoms with Crippen molar-refractivity contribution in [3.05, 3.63) is 60.1 Å². The van der Waals surface area contributed by atoms with E-state index in [0.717, 1.165) is 17.0 Å². The molecule has 5 nitrogen and oxygen atoms in total. The Morgan fingerprint density at radius 3 is 2.85 bits per heavy atom. The molecule has 3 rings (SSSR count). The highest BCUT2D eigenvalue weighted by Gasteiger charge is 2.09. The Morgan fingerprint density at radius 1 is 1.15 bits per heavy atom. The van der Waals surface area contributed by atoms with Gasteiger partial charge in [0, 0.05) is 36.9 Å². The fraction of sp³-hybridized carbons (Fsp3) is 0.200. The second-order valence-electron chi connectivity index (χ2n) is 4.71. The van der Waals surface area contributed by atoms with Gasteiger partial charge in [-0.05, 0) is 19.1 Å². The van der Waals surface area contributed by atoms with Gasteiger partial charge in [0.25, 0.3) is 0 Å². The molecule has 3 heterocycles. The molecule has 0 fully saturated rings. The summed E-state index contributed by atoms with van der Waals surface area (Å²) in [6.07, 6.45) is 7.60. The topological polar surface area (TPSA) is 60.2 Å². The van der Waals surface area contributed by atoms with Crippen molar-refractivity contribution in [2.24, 2.45) is 0 Å². The molecule has 20 heavy (non-hydrogen) atoms. The SMILES string of the molecule is Cc1cnc(CC(=O)Cc2cccc3nccn23)cn1. The summed E-state index contributed by atoms with van der Waals surface area (Å²) in [5.74, 6) is 0.115. The van der Waals surface area contributed by atoms with Gasteiger partial charge in [0.15, 0.2) is 0 Å². The lowest BCUT2D eigenvalue weighted by atomic mass is 10.1. The molecule has 0 saturated carbocycles. The third-order valence-corrected chi connectivity index (χ3v) is 3.10. The predicted molar refractivity (Wildman–Crippen MR) is 74.4 cm³/mol. The maximum atomic E-state index is 12.1. The number of fused-ring (bicyclic) bond motifs is 1. The molecule has 0 amide bonds. The molecule has 0 atom stereocenters. The number of ketones is 1. The van der Waals surface area contributed by atoms with E-state index >= 15 is 0 Å². The van der Waals surface area contributed by atoms with Gasteiger partial charge < -0.3 is 4.40 Å². The summed E-state index contributed by atoms with van der Waals surface area (Å²) in [5.41, 5.74) is 3.35. The zero-order chi connectivity index (χ0) is 13.9. The van der Waals surface area contributed by atoms with Crippen LogP contribution in [0.1, 0.15) is 17.1 Å². The smallest absolute Gasteiger partial charge is 0.144 e. The molecule has 0 aliphatic heterocycles. The van der Waals surface area contributed by atoms with Crippen LogP contribution in [-0.2, 0) is 17.6 Å². The first kappa shape index (κ1) is 12.5. The molecule has 3 aromatic rings. The molecule has 0 aromatic carbocycles. The van der Waals surface area contributed by atoms with Crippen molar-refractivity contribution in [1.29, 1.82) is 0 Å². The zero-order valence-corrected chi connectivity index (χ0v) is 11.2. The maximum Gasteiger partial charge on any atom is 0.144 e. The Hall–Kier alpha value is -2.56.